The first kappa shape index (κ1) is 21.2. The molecular weight excluding hydrogens is 478 g/mol. The van der Waals surface area contributed by atoms with Gasteiger partial charge in [-0.1, -0.05) is 97.1 Å². The van der Waals surface area contributed by atoms with Gasteiger partial charge < -0.3 is 4.57 Å². The van der Waals surface area contributed by atoms with Crippen molar-refractivity contribution in [2.45, 2.75) is 25.7 Å². The smallest absolute Gasteiger partial charge is 0.0543 e. The topological polar surface area (TPSA) is 4.93 Å². The van der Waals surface area contributed by atoms with Crippen molar-refractivity contribution in [1.82, 2.24) is 4.57 Å². The van der Waals surface area contributed by atoms with Crippen LogP contribution in [0.4, 0.5) is 0 Å². The molecule has 1 heterocycles. The zero-order chi connectivity index (χ0) is 23.4. The molecule has 0 unspecified atom stereocenters. The van der Waals surface area contributed by atoms with Crippen LogP contribution >= 0.6 is 15.9 Å². The summed E-state index contributed by atoms with van der Waals surface area (Å²) in [5.41, 5.74) is 11.1. The van der Waals surface area contributed by atoms with Gasteiger partial charge >= 0.3 is 0 Å². The molecule has 4 aromatic rings. The molecule has 1 nitrogen and oxygen atoms in total. The van der Waals surface area contributed by atoms with Gasteiger partial charge in [-0.05, 0) is 70.7 Å². The van der Waals surface area contributed by atoms with Gasteiger partial charge in [0.25, 0.3) is 0 Å². The number of para-hydroxylation sites is 1. The maximum absolute atomic E-state index is 4.43. The molecule has 166 valence electrons. The molecule has 0 fully saturated rings. The zero-order valence-electron chi connectivity index (χ0n) is 19.5. The predicted octanol–water partition coefficient (Wildman–Crippen LogP) is 9.24. The van der Waals surface area contributed by atoms with Crippen molar-refractivity contribution in [3.8, 4) is 16.8 Å². The van der Waals surface area contributed by atoms with Crippen molar-refractivity contribution < 1.29 is 0 Å². The summed E-state index contributed by atoms with van der Waals surface area (Å²) < 4.78 is 3.53. The molecule has 0 saturated heterocycles. The molecule has 2 aliphatic rings. The minimum Gasteiger partial charge on any atom is -0.309 e. The lowest BCUT2D eigenvalue weighted by atomic mass is 9.82. The molecule has 0 spiro atoms. The van der Waals surface area contributed by atoms with Gasteiger partial charge in [0.1, 0.15) is 0 Å². The van der Waals surface area contributed by atoms with Gasteiger partial charge in [0.05, 0.1) is 11.2 Å². The monoisotopic (exact) mass is 503 g/mol. The van der Waals surface area contributed by atoms with E-state index in [4.69, 9.17) is 0 Å². The quantitative estimate of drug-likeness (QED) is 0.244. The van der Waals surface area contributed by atoms with Crippen molar-refractivity contribution in [3.63, 3.8) is 0 Å². The van der Waals surface area contributed by atoms with Crippen LogP contribution in [0.3, 0.4) is 0 Å². The average Bonchev–Trinajstić information content (AvgIpc) is 3.27. The van der Waals surface area contributed by atoms with Crippen molar-refractivity contribution in [1.29, 1.82) is 0 Å². The maximum atomic E-state index is 4.43. The van der Waals surface area contributed by atoms with E-state index in [-0.39, 0.29) is 5.41 Å². The molecule has 0 bridgehead atoms. The Morgan fingerprint density at radius 3 is 2.47 bits per heavy atom. The summed E-state index contributed by atoms with van der Waals surface area (Å²) in [5, 5.41) is 1.23. The number of rotatable bonds is 1. The first-order chi connectivity index (χ1) is 16.5. The van der Waals surface area contributed by atoms with E-state index in [0.29, 0.717) is 0 Å². The summed E-state index contributed by atoms with van der Waals surface area (Å²) in [6, 6.07) is 22.3. The highest BCUT2D eigenvalue weighted by atomic mass is 79.9. The number of allylic oxidation sites excluding steroid dienone is 6. The van der Waals surface area contributed by atoms with Gasteiger partial charge in [-0.2, -0.15) is 0 Å². The Kier molecular flexibility index (Phi) is 4.89. The molecule has 2 aliphatic carbocycles. The van der Waals surface area contributed by atoms with Crippen molar-refractivity contribution in [3.05, 3.63) is 124 Å². The number of hydrogen-bond acceptors (Lipinski definition) is 0. The highest BCUT2D eigenvalue weighted by Crippen LogP contribution is 2.50. The first-order valence-corrected chi connectivity index (χ1v) is 12.5. The summed E-state index contributed by atoms with van der Waals surface area (Å²) in [4.78, 5) is 0. The fraction of sp³-hybridized carbons (Fsp3) is 0.125. The second-order valence-corrected chi connectivity index (χ2v) is 10.5. The minimum atomic E-state index is -0.0653. The summed E-state index contributed by atoms with van der Waals surface area (Å²) in [6.07, 6.45) is 13.9. The Morgan fingerprint density at radius 2 is 1.62 bits per heavy atom. The maximum Gasteiger partial charge on any atom is 0.0543 e. The van der Waals surface area contributed by atoms with E-state index < -0.39 is 0 Å². The standard InChI is InChI=1S/C32H26BrN/c1-21-11-7-5-4-6-8-14-30-31(21)26-12-9-10-13-29(26)34(30)23-16-18-25-24-17-15-22(33)19-27(24)32(2,3)28(25)20-23/h4-5,7-20H,1,6H2,2-3H3/b5-4-,11-7-,14-8-. The van der Waals surface area contributed by atoms with Crippen LogP contribution in [-0.2, 0) is 5.41 Å². The van der Waals surface area contributed by atoms with Gasteiger partial charge in [-0.25, -0.2) is 0 Å². The number of nitrogens with zero attached hydrogens (tertiary/aromatic N) is 1. The number of aromatic nitrogens is 1. The van der Waals surface area contributed by atoms with E-state index in [9.17, 15) is 0 Å². The van der Waals surface area contributed by atoms with Gasteiger partial charge in [0.2, 0.25) is 0 Å². The normalized spacial score (nSPS) is 18.7. The van der Waals surface area contributed by atoms with Gasteiger partial charge in [0, 0.05) is 26.5 Å². The highest BCUT2D eigenvalue weighted by molar-refractivity contribution is 9.10. The molecule has 34 heavy (non-hydrogen) atoms. The summed E-state index contributed by atoms with van der Waals surface area (Å²) in [7, 11) is 0. The zero-order valence-corrected chi connectivity index (χ0v) is 21.1. The molecule has 0 aliphatic heterocycles. The first-order valence-electron chi connectivity index (χ1n) is 11.7. The SMILES string of the molecule is C=C1/C=C\C=C/C/C=C\c2c1c1ccccc1n2-c1ccc2c(c1)C(C)(C)c1cc(Br)ccc1-2. The molecule has 0 amide bonds. The Balaban J connectivity index is 1.63. The fourth-order valence-electron chi connectivity index (χ4n) is 5.54. The van der Waals surface area contributed by atoms with Crippen LogP contribution in [0.25, 0.3) is 39.4 Å². The predicted molar refractivity (Wildman–Crippen MR) is 150 cm³/mol. The van der Waals surface area contributed by atoms with Crippen LogP contribution in [-0.4, -0.2) is 4.57 Å². The van der Waals surface area contributed by atoms with Crippen LogP contribution in [0.2, 0.25) is 0 Å². The van der Waals surface area contributed by atoms with E-state index in [1.165, 1.54) is 50.1 Å². The lowest BCUT2D eigenvalue weighted by Gasteiger charge is -2.22. The second kappa shape index (κ2) is 7.85. The van der Waals surface area contributed by atoms with Crippen molar-refractivity contribution >= 4 is 38.5 Å². The van der Waals surface area contributed by atoms with Crippen LogP contribution < -0.4 is 0 Å². The van der Waals surface area contributed by atoms with Crippen LogP contribution in [0.1, 0.15) is 42.7 Å². The van der Waals surface area contributed by atoms with E-state index in [1.54, 1.807) is 0 Å². The third-order valence-electron chi connectivity index (χ3n) is 7.20. The lowest BCUT2D eigenvalue weighted by molar-refractivity contribution is 0.659. The van der Waals surface area contributed by atoms with Crippen LogP contribution in [0, 0.1) is 0 Å². The number of halogens is 1. The van der Waals surface area contributed by atoms with E-state index >= 15 is 0 Å². The summed E-state index contributed by atoms with van der Waals surface area (Å²) >= 11 is 3.68. The van der Waals surface area contributed by atoms with Crippen LogP contribution in [0.5, 0.6) is 0 Å². The number of fused-ring (bicyclic) bond motifs is 6. The van der Waals surface area contributed by atoms with E-state index in [1.807, 2.05) is 0 Å². The Morgan fingerprint density at radius 1 is 0.853 bits per heavy atom. The van der Waals surface area contributed by atoms with Gasteiger partial charge in [-0.15, -0.1) is 0 Å². The summed E-state index contributed by atoms with van der Waals surface area (Å²) in [5.74, 6) is 0. The molecule has 0 radical (unpaired) electrons. The second-order valence-electron chi connectivity index (χ2n) is 9.61. The van der Waals surface area contributed by atoms with Crippen molar-refractivity contribution in [2.24, 2.45) is 0 Å². The third kappa shape index (κ3) is 3.13. The Labute approximate surface area is 209 Å². The van der Waals surface area contributed by atoms with Crippen molar-refractivity contribution in [2.75, 3.05) is 0 Å². The van der Waals surface area contributed by atoms with Crippen LogP contribution in [0.15, 0.2) is 102 Å². The highest BCUT2D eigenvalue weighted by Gasteiger charge is 2.36. The summed E-state index contributed by atoms with van der Waals surface area (Å²) in [6.45, 7) is 9.09. The molecule has 0 atom stereocenters. The minimum absolute atomic E-state index is 0.0653. The molecule has 0 N–H and O–H groups in total. The molecule has 6 rings (SSSR count). The molecule has 3 aromatic carbocycles. The number of hydrogen-bond donors (Lipinski definition) is 0. The molecular formula is C32H26BrN. The molecule has 1 aromatic heterocycles. The third-order valence-corrected chi connectivity index (χ3v) is 7.70. The van der Waals surface area contributed by atoms with Gasteiger partial charge in [-0.3, -0.25) is 0 Å². The average molecular weight is 504 g/mol. The molecule has 0 saturated carbocycles. The largest absolute Gasteiger partial charge is 0.309 e. The lowest BCUT2D eigenvalue weighted by Crippen LogP contribution is -2.15. The fourth-order valence-corrected chi connectivity index (χ4v) is 5.90. The van der Waals surface area contributed by atoms with E-state index in [2.05, 4.69) is 138 Å². The number of benzene rings is 3. The van der Waals surface area contributed by atoms with E-state index in [0.717, 1.165) is 16.5 Å². The van der Waals surface area contributed by atoms with Gasteiger partial charge in [0.15, 0.2) is 0 Å². The Bertz CT molecular complexity index is 1570. The molecule has 2 heteroatoms. The Hall–Kier alpha value is -3.36.